The Hall–Kier alpha value is -3.89. The Balaban J connectivity index is 1.23. The van der Waals surface area contributed by atoms with Crippen molar-refractivity contribution in [3.8, 4) is 0 Å². The molecule has 0 aromatic heterocycles. The number of anilines is 2. The zero-order valence-electron chi connectivity index (χ0n) is 19.1. The molecule has 10 heteroatoms. The van der Waals surface area contributed by atoms with Gasteiger partial charge in [-0.15, -0.1) is 0 Å². The maximum absolute atomic E-state index is 12.4. The monoisotopic (exact) mass is 493 g/mol. The van der Waals surface area contributed by atoms with Crippen LogP contribution in [0.2, 0.25) is 0 Å². The normalized spacial score (nSPS) is 14.2. The van der Waals surface area contributed by atoms with Gasteiger partial charge in [0.15, 0.2) is 0 Å². The third kappa shape index (κ3) is 6.81. The van der Waals surface area contributed by atoms with Gasteiger partial charge in [0.2, 0.25) is 10.0 Å². The molecule has 1 saturated heterocycles. The number of piperazine rings is 1. The molecule has 4 rings (SSSR count). The molecule has 3 aromatic rings. The molecule has 182 valence electrons. The Bertz CT molecular complexity index is 1260. The van der Waals surface area contributed by atoms with E-state index in [0.29, 0.717) is 18.8 Å². The summed E-state index contributed by atoms with van der Waals surface area (Å²) in [5, 5.41) is 9.28. The second kappa shape index (κ2) is 11.0. The lowest BCUT2D eigenvalue weighted by atomic mass is 10.2. The minimum Gasteiger partial charge on any atom is -0.445 e. The molecule has 9 nitrogen and oxygen atoms in total. The van der Waals surface area contributed by atoms with E-state index in [1.807, 2.05) is 54.6 Å². The van der Waals surface area contributed by atoms with Crippen LogP contribution in [0.15, 0.2) is 88.9 Å². The number of hydrazone groups is 1. The van der Waals surface area contributed by atoms with Crippen LogP contribution in [0.4, 0.5) is 16.2 Å². The van der Waals surface area contributed by atoms with Gasteiger partial charge in [0, 0.05) is 31.9 Å². The van der Waals surface area contributed by atoms with E-state index in [1.54, 1.807) is 23.2 Å². The maximum atomic E-state index is 12.4. The fraction of sp³-hybridized carbons (Fsp3) is 0.200. The van der Waals surface area contributed by atoms with Crippen LogP contribution in [0.25, 0.3) is 0 Å². The van der Waals surface area contributed by atoms with Crippen molar-refractivity contribution in [2.75, 3.05) is 36.5 Å². The Morgan fingerprint density at radius 2 is 1.60 bits per heavy atom. The third-order valence-corrected chi connectivity index (χ3v) is 6.52. The summed E-state index contributed by atoms with van der Waals surface area (Å²) in [5.74, 6) is 0. The van der Waals surface area contributed by atoms with Gasteiger partial charge in [0.1, 0.15) is 6.61 Å². The molecule has 0 aliphatic carbocycles. The highest BCUT2D eigenvalue weighted by Crippen LogP contribution is 2.18. The zero-order valence-corrected chi connectivity index (χ0v) is 19.9. The van der Waals surface area contributed by atoms with Crippen molar-refractivity contribution in [3.63, 3.8) is 0 Å². The minimum atomic E-state index is -3.71. The summed E-state index contributed by atoms with van der Waals surface area (Å²) in [6.07, 6.45) is 1.39. The second-order valence-corrected chi connectivity index (χ2v) is 9.61. The van der Waals surface area contributed by atoms with Crippen molar-refractivity contribution in [1.82, 2.24) is 4.90 Å². The van der Waals surface area contributed by atoms with Gasteiger partial charge in [-0.1, -0.05) is 42.5 Å². The summed E-state index contributed by atoms with van der Waals surface area (Å²) < 4.78 is 28.0. The van der Waals surface area contributed by atoms with E-state index in [1.165, 1.54) is 12.1 Å². The molecule has 0 unspecified atom stereocenters. The van der Waals surface area contributed by atoms with E-state index < -0.39 is 10.0 Å². The number of carbonyl (C=O) groups is 1. The molecular weight excluding hydrogens is 466 g/mol. The Kier molecular flexibility index (Phi) is 7.64. The van der Waals surface area contributed by atoms with Crippen LogP contribution in [0.5, 0.6) is 0 Å². The van der Waals surface area contributed by atoms with Gasteiger partial charge in [-0.3, -0.25) is 5.43 Å². The first kappa shape index (κ1) is 24.2. The predicted molar refractivity (Wildman–Crippen MR) is 136 cm³/mol. The number of rotatable bonds is 7. The quantitative estimate of drug-likeness (QED) is 0.385. The Labute approximate surface area is 204 Å². The van der Waals surface area contributed by atoms with Crippen molar-refractivity contribution in [2.45, 2.75) is 11.5 Å². The fourth-order valence-electron chi connectivity index (χ4n) is 3.63. The van der Waals surface area contributed by atoms with Gasteiger partial charge >= 0.3 is 6.09 Å². The number of hydrogen-bond acceptors (Lipinski definition) is 7. The van der Waals surface area contributed by atoms with Crippen molar-refractivity contribution in [1.29, 1.82) is 0 Å². The number of ether oxygens (including phenoxy) is 1. The van der Waals surface area contributed by atoms with E-state index in [-0.39, 0.29) is 17.6 Å². The predicted octanol–water partition coefficient (Wildman–Crippen LogP) is 3.24. The van der Waals surface area contributed by atoms with E-state index in [2.05, 4.69) is 15.4 Å². The molecule has 1 amide bonds. The van der Waals surface area contributed by atoms with Crippen molar-refractivity contribution >= 4 is 33.7 Å². The number of nitrogens with zero attached hydrogens (tertiary/aromatic N) is 3. The summed E-state index contributed by atoms with van der Waals surface area (Å²) in [4.78, 5) is 16.4. The summed E-state index contributed by atoms with van der Waals surface area (Å²) in [7, 11) is -3.71. The first-order valence-electron chi connectivity index (χ1n) is 11.1. The molecule has 1 aliphatic heterocycles. The van der Waals surface area contributed by atoms with Crippen molar-refractivity contribution in [2.24, 2.45) is 10.2 Å². The topological polar surface area (TPSA) is 117 Å². The summed E-state index contributed by atoms with van der Waals surface area (Å²) in [6, 6.07) is 23.6. The zero-order chi connectivity index (χ0) is 24.7. The van der Waals surface area contributed by atoms with E-state index in [9.17, 15) is 13.2 Å². The number of hydrogen-bond donors (Lipinski definition) is 2. The molecule has 0 spiro atoms. The first-order chi connectivity index (χ1) is 16.9. The Morgan fingerprint density at radius 3 is 2.23 bits per heavy atom. The van der Waals surface area contributed by atoms with E-state index in [0.717, 1.165) is 29.9 Å². The van der Waals surface area contributed by atoms with Gasteiger partial charge in [-0.2, -0.15) is 5.10 Å². The highest BCUT2D eigenvalue weighted by atomic mass is 32.2. The van der Waals surface area contributed by atoms with Gasteiger partial charge in [0.05, 0.1) is 16.8 Å². The average Bonchev–Trinajstić information content (AvgIpc) is 2.88. The van der Waals surface area contributed by atoms with Crippen LogP contribution in [0, 0.1) is 0 Å². The molecule has 0 radical (unpaired) electrons. The van der Waals surface area contributed by atoms with Crippen LogP contribution < -0.4 is 15.5 Å². The third-order valence-electron chi connectivity index (χ3n) is 5.59. The van der Waals surface area contributed by atoms with Gasteiger partial charge in [0.25, 0.3) is 0 Å². The van der Waals surface area contributed by atoms with Crippen LogP contribution in [-0.4, -0.2) is 51.8 Å². The number of primary sulfonamides is 1. The van der Waals surface area contributed by atoms with Gasteiger partial charge in [-0.25, -0.2) is 18.4 Å². The molecule has 3 aromatic carbocycles. The molecule has 1 fully saturated rings. The minimum absolute atomic E-state index is 0.0486. The van der Waals surface area contributed by atoms with E-state index >= 15 is 0 Å². The number of sulfonamides is 1. The Morgan fingerprint density at radius 1 is 0.943 bits per heavy atom. The van der Waals surface area contributed by atoms with Crippen molar-refractivity contribution in [3.05, 3.63) is 90.0 Å². The largest absolute Gasteiger partial charge is 0.445 e. The van der Waals surface area contributed by atoms with Crippen LogP contribution in [-0.2, 0) is 21.4 Å². The lowest BCUT2D eigenvalue weighted by Gasteiger charge is -2.35. The SMILES string of the molecule is NS(=O)(=O)c1ccc(N/N=C/c2ccc(N3CCN(C(=O)OCc4ccccc4)CC3)cc2)cc1. The number of nitrogens with two attached hydrogens (primary N) is 1. The number of amides is 1. The van der Waals surface area contributed by atoms with Gasteiger partial charge < -0.3 is 14.5 Å². The summed E-state index contributed by atoms with van der Waals surface area (Å²) >= 11 is 0. The average molecular weight is 494 g/mol. The summed E-state index contributed by atoms with van der Waals surface area (Å²) in [6.45, 7) is 2.93. The standard InChI is InChI=1S/C25H27N5O4S/c26-35(32,33)24-12-8-22(9-13-24)28-27-18-20-6-10-23(11-7-20)29-14-16-30(17-15-29)25(31)34-19-21-4-2-1-3-5-21/h1-13,18,28H,14-17,19H2,(H2,26,32,33)/b27-18+. The molecular formula is C25H27N5O4S. The fourth-order valence-corrected chi connectivity index (χ4v) is 4.14. The highest BCUT2D eigenvalue weighted by Gasteiger charge is 2.22. The lowest BCUT2D eigenvalue weighted by molar-refractivity contribution is 0.0942. The first-order valence-corrected chi connectivity index (χ1v) is 12.7. The maximum Gasteiger partial charge on any atom is 0.410 e. The van der Waals surface area contributed by atoms with Crippen molar-refractivity contribution < 1.29 is 17.9 Å². The molecule has 35 heavy (non-hydrogen) atoms. The van der Waals surface area contributed by atoms with Crippen LogP contribution in [0.1, 0.15) is 11.1 Å². The molecule has 0 atom stereocenters. The number of carbonyl (C=O) groups excluding carboxylic acids is 1. The molecule has 3 N–H and O–H groups in total. The number of benzene rings is 3. The lowest BCUT2D eigenvalue weighted by Crippen LogP contribution is -2.48. The van der Waals surface area contributed by atoms with E-state index in [4.69, 9.17) is 9.88 Å². The number of nitrogens with one attached hydrogen (secondary N) is 1. The molecule has 0 saturated carbocycles. The summed E-state index contributed by atoms with van der Waals surface area (Å²) in [5.41, 5.74) is 6.46. The van der Waals surface area contributed by atoms with Gasteiger partial charge in [-0.05, 0) is 47.5 Å². The van der Waals surface area contributed by atoms with Crippen LogP contribution >= 0.6 is 0 Å². The molecule has 0 bridgehead atoms. The second-order valence-electron chi connectivity index (χ2n) is 8.05. The smallest absolute Gasteiger partial charge is 0.410 e. The highest BCUT2D eigenvalue weighted by molar-refractivity contribution is 7.89. The molecule has 1 aliphatic rings. The molecule has 1 heterocycles. The van der Waals surface area contributed by atoms with Crippen LogP contribution in [0.3, 0.4) is 0 Å².